The second-order valence-electron chi connectivity index (χ2n) is 5.38. The van der Waals surface area contributed by atoms with Crippen LogP contribution in [0, 0.1) is 12.8 Å². The first-order chi connectivity index (χ1) is 10.1. The summed E-state index contributed by atoms with van der Waals surface area (Å²) in [4.78, 5) is 11.7. The van der Waals surface area contributed by atoms with Crippen LogP contribution in [0.2, 0.25) is 5.02 Å². The van der Waals surface area contributed by atoms with Gasteiger partial charge in [0.05, 0.1) is 0 Å². The molecule has 0 saturated heterocycles. The number of carbonyl (C=O) groups excluding carboxylic acids is 1. The highest BCUT2D eigenvalue weighted by molar-refractivity contribution is 6.31. The maximum absolute atomic E-state index is 11.7. The van der Waals surface area contributed by atoms with Crippen molar-refractivity contribution in [2.24, 2.45) is 5.92 Å². The number of benzene rings is 2. The zero-order valence-electron chi connectivity index (χ0n) is 11.8. The topological polar surface area (TPSA) is 41.1 Å². The molecule has 0 heterocycles. The van der Waals surface area contributed by atoms with Gasteiger partial charge in [0.25, 0.3) is 0 Å². The lowest BCUT2D eigenvalue weighted by Gasteiger charge is -2.11. The van der Waals surface area contributed by atoms with Crippen LogP contribution in [0.5, 0.6) is 0 Å². The van der Waals surface area contributed by atoms with Crippen LogP contribution >= 0.6 is 11.6 Å². The second-order valence-corrected chi connectivity index (χ2v) is 5.79. The van der Waals surface area contributed by atoms with Crippen molar-refractivity contribution in [3.63, 3.8) is 0 Å². The normalized spacial score (nSPS) is 13.8. The van der Waals surface area contributed by atoms with Gasteiger partial charge in [0.1, 0.15) is 0 Å². The van der Waals surface area contributed by atoms with Crippen molar-refractivity contribution >= 4 is 34.6 Å². The molecule has 21 heavy (non-hydrogen) atoms. The molecule has 2 N–H and O–H groups in total. The Bertz CT molecular complexity index is 663. The zero-order chi connectivity index (χ0) is 14.8. The van der Waals surface area contributed by atoms with Gasteiger partial charge in [-0.1, -0.05) is 17.7 Å². The summed E-state index contributed by atoms with van der Waals surface area (Å²) in [5.41, 5.74) is 3.80. The predicted octanol–water partition coefficient (Wildman–Crippen LogP) is 4.74. The SMILES string of the molecule is Cc1c(Cl)cccc1Nc1ccc(NC(=O)C2CC2)cc1. The van der Waals surface area contributed by atoms with Crippen molar-refractivity contribution in [1.82, 2.24) is 0 Å². The van der Waals surface area contributed by atoms with Crippen LogP contribution in [0.1, 0.15) is 18.4 Å². The van der Waals surface area contributed by atoms with Crippen molar-refractivity contribution in [1.29, 1.82) is 0 Å². The fraction of sp³-hybridized carbons (Fsp3) is 0.235. The minimum atomic E-state index is 0.126. The third-order valence-corrected chi connectivity index (χ3v) is 4.06. The number of anilines is 3. The monoisotopic (exact) mass is 300 g/mol. The molecular formula is C17H17ClN2O. The zero-order valence-corrected chi connectivity index (χ0v) is 12.6. The molecule has 0 unspecified atom stereocenters. The molecule has 2 aromatic carbocycles. The molecule has 0 atom stereocenters. The Morgan fingerprint density at radius 1 is 1.10 bits per heavy atom. The predicted molar refractivity (Wildman–Crippen MR) is 87.3 cm³/mol. The van der Waals surface area contributed by atoms with Gasteiger partial charge >= 0.3 is 0 Å². The number of hydrogen-bond donors (Lipinski definition) is 2. The molecule has 3 rings (SSSR count). The largest absolute Gasteiger partial charge is 0.355 e. The average Bonchev–Trinajstić information content (AvgIpc) is 3.30. The van der Waals surface area contributed by atoms with Crippen molar-refractivity contribution in [2.45, 2.75) is 19.8 Å². The summed E-state index contributed by atoms with van der Waals surface area (Å²) in [5.74, 6) is 0.346. The molecule has 0 bridgehead atoms. The Balaban J connectivity index is 1.69. The first kappa shape index (κ1) is 14.0. The molecule has 1 aliphatic rings. The Hall–Kier alpha value is -2.00. The molecular weight excluding hydrogens is 284 g/mol. The first-order valence-electron chi connectivity index (χ1n) is 7.06. The van der Waals surface area contributed by atoms with Crippen molar-refractivity contribution < 1.29 is 4.79 Å². The second kappa shape index (κ2) is 5.78. The highest BCUT2D eigenvalue weighted by Gasteiger charge is 2.29. The van der Waals surface area contributed by atoms with E-state index in [1.54, 1.807) is 0 Å². The highest BCUT2D eigenvalue weighted by atomic mass is 35.5. The van der Waals surface area contributed by atoms with E-state index in [9.17, 15) is 4.79 Å². The van der Waals surface area contributed by atoms with E-state index in [-0.39, 0.29) is 11.8 Å². The van der Waals surface area contributed by atoms with Crippen LogP contribution in [0.3, 0.4) is 0 Å². The Morgan fingerprint density at radius 2 is 1.76 bits per heavy atom. The molecule has 0 aromatic heterocycles. The molecule has 4 heteroatoms. The van der Waals surface area contributed by atoms with Crippen LogP contribution in [0.15, 0.2) is 42.5 Å². The van der Waals surface area contributed by atoms with Gasteiger partial charge in [0.2, 0.25) is 5.91 Å². The van der Waals surface area contributed by atoms with Gasteiger partial charge < -0.3 is 10.6 Å². The smallest absolute Gasteiger partial charge is 0.227 e. The van der Waals surface area contributed by atoms with Gasteiger partial charge in [-0.05, 0) is 61.7 Å². The molecule has 1 fully saturated rings. The van der Waals surface area contributed by atoms with E-state index in [1.165, 1.54) is 0 Å². The molecule has 3 nitrogen and oxygen atoms in total. The minimum absolute atomic E-state index is 0.126. The molecule has 1 aliphatic carbocycles. The summed E-state index contributed by atoms with van der Waals surface area (Å²) in [5, 5.41) is 7.00. The summed E-state index contributed by atoms with van der Waals surface area (Å²) in [6.45, 7) is 1.98. The molecule has 1 amide bonds. The summed E-state index contributed by atoms with van der Waals surface area (Å²) in [6.07, 6.45) is 2.03. The molecule has 1 saturated carbocycles. The first-order valence-corrected chi connectivity index (χ1v) is 7.44. The van der Waals surface area contributed by atoms with E-state index in [4.69, 9.17) is 11.6 Å². The highest BCUT2D eigenvalue weighted by Crippen LogP contribution is 2.30. The van der Waals surface area contributed by atoms with Gasteiger partial charge in [0.15, 0.2) is 0 Å². The number of rotatable bonds is 4. The van der Waals surface area contributed by atoms with Gasteiger partial charge in [0, 0.05) is 28.0 Å². The van der Waals surface area contributed by atoms with Gasteiger partial charge in [-0.15, -0.1) is 0 Å². The molecule has 108 valence electrons. The third-order valence-electron chi connectivity index (χ3n) is 3.65. The summed E-state index contributed by atoms with van der Waals surface area (Å²) in [7, 11) is 0. The van der Waals surface area contributed by atoms with Crippen LogP contribution in [0.25, 0.3) is 0 Å². The van der Waals surface area contributed by atoms with Crippen molar-refractivity contribution in [3.8, 4) is 0 Å². The van der Waals surface area contributed by atoms with Gasteiger partial charge in [-0.2, -0.15) is 0 Å². The lowest BCUT2D eigenvalue weighted by molar-refractivity contribution is -0.117. The lowest BCUT2D eigenvalue weighted by Crippen LogP contribution is -2.13. The number of carbonyl (C=O) groups is 1. The van der Waals surface area contributed by atoms with E-state index in [2.05, 4.69) is 10.6 Å². The maximum atomic E-state index is 11.7. The van der Waals surface area contributed by atoms with E-state index < -0.39 is 0 Å². The van der Waals surface area contributed by atoms with Crippen molar-refractivity contribution in [2.75, 3.05) is 10.6 Å². The summed E-state index contributed by atoms with van der Waals surface area (Å²) in [6, 6.07) is 13.5. The number of amides is 1. The fourth-order valence-electron chi connectivity index (χ4n) is 2.13. The summed E-state index contributed by atoms with van der Waals surface area (Å²) < 4.78 is 0. The Morgan fingerprint density at radius 3 is 2.43 bits per heavy atom. The molecule has 0 aliphatic heterocycles. The lowest BCUT2D eigenvalue weighted by atomic mass is 10.2. The van der Waals surface area contributed by atoms with Gasteiger partial charge in [-0.25, -0.2) is 0 Å². The fourth-order valence-corrected chi connectivity index (χ4v) is 2.30. The standard InChI is InChI=1S/C17H17ClN2O/c1-11-15(18)3-2-4-16(11)19-13-7-9-14(10-8-13)20-17(21)12-5-6-12/h2-4,7-10,12,19H,5-6H2,1H3,(H,20,21). The Kier molecular flexibility index (Phi) is 3.84. The third kappa shape index (κ3) is 3.37. The number of hydrogen-bond acceptors (Lipinski definition) is 2. The number of halogens is 1. The van der Waals surface area contributed by atoms with E-state index in [1.807, 2.05) is 49.4 Å². The van der Waals surface area contributed by atoms with Crippen LogP contribution in [-0.4, -0.2) is 5.91 Å². The van der Waals surface area contributed by atoms with Gasteiger partial charge in [-0.3, -0.25) is 4.79 Å². The number of nitrogens with one attached hydrogen (secondary N) is 2. The van der Waals surface area contributed by atoms with Crippen LogP contribution in [-0.2, 0) is 4.79 Å². The quantitative estimate of drug-likeness (QED) is 0.856. The van der Waals surface area contributed by atoms with E-state index >= 15 is 0 Å². The van der Waals surface area contributed by atoms with Crippen molar-refractivity contribution in [3.05, 3.63) is 53.1 Å². The minimum Gasteiger partial charge on any atom is -0.355 e. The average molecular weight is 301 g/mol. The van der Waals surface area contributed by atoms with Crippen LogP contribution < -0.4 is 10.6 Å². The molecule has 0 spiro atoms. The summed E-state index contributed by atoms with van der Waals surface area (Å²) >= 11 is 6.11. The van der Waals surface area contributed by atoms with E-state index in [0.717, 1.165) is 40.5 Å². The molecule has 0 radical (unpaired) electrons. The van der Waals surface area contributed by atoms with E-state index in [0.29, 0.717) is 0 Å². The van der Waals surface area contributed by atoms with Crippen LogP contribution in [0.4, 0.5) is 17.1 Å². The Labute approximate surface area is 129 Å². The molecule has 2 aromatic rings. The maximum Gasteiger partial charge on any atom is 0.227 e.